The van der Waals surface area contributed by atoms with Crippen molar-refractivity contribution < 1.29 is 57.9 Å². The topological polar surface area (TPSA) is 197 Å². The molecule has 0 unspecified atom stereocenters. The van der Waals surface area contributed by atoms with Gasteiger partial charge in [-0.05, 0) is 44.0 Å². The Kier molecular flexibility index (Phi) is 12.8. The first-order chi connectivity index (χ1) is 24.2. The maximum absolute atomic E-state index is 13.2. The summed E-state index contributed by atoms with van der Waals surface area (Å²) in [5.41, 5.74) is -4.08. The number of hydrogen-bond acceptors (Lipinski definition) is 9. The van der Waals surface area contributed by atoms with Crippen molar-refractivity contribution in [3.8, 4) is 0 Å². The largest absolute Gasteiger partial charge is 0.476 e. The highest BCUT2D eigenvalue weighted by Crippen LogP contribution is 2.37. The number of amides is 1. The number of halogens is 10. The molecule has 0 bridgehead atoms. The van der Waals surface area contributed by atoms with Crippen molar-refractivity contribution in [3.63, 3.8) is 0 Å². The number of carboxylic acids is 1. The number of fused-ring (bicyclic) bond motifs is 2. The van der Waals surface area contributed by atoms with Crippen molar-refractivity contribution in [1.82, 2.24) is 38.4 Å². The van der Waals surface area contributed by atoms with Crippen LogP contribution in [0, 0.1) is 0 Å². The van der Waals surface area contributed by atoms with Crippen molar-refractivity contribution in [3.05, 3.63) is 66.3 Å². The minimum atomic E-state index is -4.68. The summed E-state index contributed by atoms with van der Waals surface area (Å²) in [6, 6.07) is 1.33. The van der Waals surface area contributed by atoms with Crippen LogP contribution in [0.25, 0.3) is 11.3 Å². The number of likely N-dealkylation sites (tertiary alicyclic amines) is 1. The molecule has 6 rings (SSSR count). The molecule has 0 saturated carbocycles. The molecule has 1 amide bonds. The van der Waals surface area contributed by atoms with Crippen LogP contribution in [0.5, 0.6) is 0 Å². The first-order valence-electron chi connectivity index (χ1n) is 14.2. The van der Waals surface area contributed by atoms with Gasteiger partial charge in [-0.1, -0.05) is 23.2 Å². The summed E-state index contributed by atoms with van der Waals surface area (Å²) >= 11 is 17.6. The Morgan fingerprint density at radius 1 is 0.811 bits per heavy atom. The van der Waals surface area contributed by atoms with E-state index in [1.54, 1.807) is 0 Å². The molecule has 0 atom stereocenters. The van der Waals surface area contributed by atoms with E-state index in [4.69, 9.17) is 28.3 Å². The van der Waals surface area contributed by atoms with Gasteiger partial charge in [-0.2, -0.15) is 26.3 Å². The van der Waals surface area contributed by atoms with E-state index >= 15 is 0 Å². The highest BCUT2D eigenvalue weighted by Gasteiger charge is 2.39. The lowest BCUT2D eigenvalue weighted by atomic mass is 10.1. The van der Waals surface area contributed by atoms with E-state index in [2.05, 4.69) is 56.6 Å². The van der Waals surface area contributed by atoms with Crippen molar-refractivity contribution in [2.75, 3.05) is 38.7 Å². The van der Waals surface area contributed by atoms with Crippen LogP contribution in [-0.4, -0.2) is 108 Å². The number of nitrogens with zero attached hydrogens (tertiary/aromatic N) is 5. The Morgan fingerprint density at radius 2 is 1.21 bits per heavy atom. The Morgan fingerprint density at radius 3 is 1.55 bits per heavy atom. The van der Waals surface area contributed by atoms with E-state index < -0.39 is 78.4 Å². The van der Waals surface area contributed by atoms with Gasteiger partial charge in [0.1, 0.15) is 10.3 Å². The van der Waals surface area contributed by atoms with Gasteiger partial charge >= 0.3 is 18.3 Å². The zero-order valence-electron chi connectivity index (χ0n) is 26.5. The monoisotopic (exact) mass is 966 g/mol. The number of aromatic carboxylic acids is 1. The molecule has 53 heavy (non-hydrogen) atoms. The molecule has 0 radical (unpaired) electrons. The van der Waals surface area contributed by atoms with Gasteiger partial charge in [-0.25, -0.2) is 41.0 Å². The second-order valence-electron chi connectivity index (χ2n) is 11.4. The smallest absolute Gasteiger partial charge is 0.420 e. The molecule has 2 aliphatic rings. The number of hydrogen-bond donors (Lipinski definition) is 4. The molecule has 27 heteroatoms. The van der Waals surface area contributed by atoms with Crippen LogP contribution in [0.3, 0.4) is 0 Å². The van der Waals surface area contributed by atoms with Gasteiger partial charge in [0.15, 0.2) is 22.7 Å². The fourth-order valence-corrected chi connectivity index (χ4v) is 7.60. The Hall–Kier alpha value is -2.78. The van der Waals surface area contributed by atoms with Crippen molar-refractivity contribution in [2.45, 2.75) is 24.4 Å². The Balaban J connectivity index is 0.000000200. The molecule has 2 fully saturated rings. The van der Waals surface area contributed by atoms with E-state index in [0.29, 0.717) is 0 Å². The molecule has 0 aromatic carbocycles. The minimum Gasteiger partial charge on any atom is -0.476 e. The highest BCUT2D eigenvalue weighted by atomic mass is 79.9. The van der Waals surface area contributed by atoms with Crippen molar-refractivity contribution >= 4 is 98.3 Å². The molecular formula is C26H24Br2Cl2F6N8O7S2. The fraction of sp³-hybridized carbons (Fsp3) is 0.385. The standard InChI is InChI=1S/C13H11BrClF3N4O3S.C9H3BrClF3N2O2.C4H10N2O2S/c1-26(24,25)20-7-4-21(5-7)12(23)9-10(15)22-3-6(14)2-8(11(22)19-9)13(16,17)18;10-3-1-4(9(12,13)14)7-15-5(8(17)18)6(11)16(7)2-3;1-9(7,8)6-4-2-5-3-4/h2-3,7,20H,4-5H2,1H3;1-2H,(H,17,18);4-6H,2-3H2,1H3. The molecule has 15 nitrogen and oxygen atoms in total. The zero-order chi connectivity index (χ0) is 40.0. The van der Waals surface area contributed by atoms with E-state index in [1.165, 1.54) is 23.5 Å². The number of carbonyl (C=O) groups excluding carboxylic acids is 1. The maximum Gasteiger partial charge on any atom is 0.420 e. The Labute approximate surface area is 322 Å². The quantitative estimate of drug-likeness (QED) is 0.204. The summed E-state index contributed by atoms with van der Waals surface area (Å²) in [5, 5.41) is 11.1. The van der Waals surface area contributed by atoms with Gasteiger partial charge in [-0.15, -0.1) is 0 Å². The molecular weight excluding hydrogens is 945 g/mol. The summed E-state index contributed by atoms with van der Waals surface area (Å²) in [6.45, 7) is 1.66. The van der Waals surface area contributed by atoms with E-state index in [9.17, 15) is 52.8 Å². The first kappa shape index (κ1) is 43.0. The lowest BCUT2D eigenvalue weighted by Gasteiger charge is -2.38. The molecule has 0 aliphatic carbocycles. The Bertz CT molecular complexity index is 2300. The molecule has 4 aromatic rings. The number of aromatic nitrogens is 4. The second kappa shape index (κ2) is 15.8. The van der Waals surface area contributed by atoms with E-state index in [-0.39, 0.29) is 44.1 Å². The van der Waals surface area contributed by atoms with E-state index in [0.717, 1.165) is 40.3 Å². The molecule has 292 valence electrons. The maximum atomic E-state index is 13.2. The average molecular weight is 969 g/mol. The number of alkyl halides is 6. The summed E-state index contributed by atoms with van der Waals surface area (Å²) in [5.74, 6) is -2.16. The molecule has 4 aromatic heterocycles. The lowest BCUT2D eigenvalue weighted by molar-refractivity contribution is -0.137. The molecule has 6 heterocycles. The number of sulfonamides is 2. The van der Waals surface area contributed by atoms with Crippen LogP contribution in [0.1, 0.15) is 32.1 Å². The molecule has 2 aliphatic heterocycles. The number of rotatable bonds is 6. The third kappa shape index (κ3) is 10.7. The van der Waals surface area contributed by atoms with Crippen LogP contribution in [0.4, 0.5) is 26.3 Å². The molecule has 4 N–H and O–H groups in total. The molecule has 2 saturated heterocycles. The van der Waals surface area contributed by atoms with Crippen LogP contribution < -0.4 is 14.8 Å². The number of pyridine rings is 2. The highest BCUT2D eigenvalue weighted by molar-refractivity contribution is 9.10. The number of carbonyl (C=O) groups is 2. The number of nitrogens with one attached hydrogen (secondary N) is 3. The van der Waals surface area contributed by atoms with Crippen molar-refractivity contribution in [1.29, 1.82) is 0 Å². The summed E-state index contributed by atoms with van der Waals surface area (Å²) in [4.78, 5) is 31.7. The average Bonchev–Trinajstić information content (AvgIpc) is 3.47. The SMILES string of the molecule is CS(=O)(=O)NC1CN(C(=O)c2nc3c(C(F)(F)F)cc(Br)cn3c2Cl)C1.CS(=O)(=O)NC1CNC1.O=C(O)c1nc2c(C(F)(F)F)cc(Br)cn2c1Cl. The summed E-state index contributed by atoms with van der Waals surface area (Å²) in [7, 11) is -6.39. The van der Waals surface area contributed by atoms with Crippen LogP contribution >= 0.6 is 55.1 Å². The predicted octanol–water partition coefficient (Wildman–Crippen LogP) is 4.12. The fourth-order valence-electron chi connectivity index (χ4n) is 4.70. The third-order valence-corrected chi connectivity index (χ3v) is 10.1. The van der Waals surface area contributed by atoms with Gasteiger partial charge in [0.25, 0.3) is 5.91 Å². The number of carboxylic acid groups (broad SMARTS) is 1. The normalized spacial score (nSPS) is 15.7. The summed E-state index contributed by atoms with van der Waals surface area (Å²) in [6.07, 6.45) is -4.68. The summed E-state index contributed by atoms with van der Waals surface area (Å²) < 4.78 is 128. The predicted molar refractivity (Wildman–Crippen MR) is 185 cm³/mol. The van der Waals surface area contributed by atoms with Gasteiger partial charge < -0.3 is 15.3 Å². The van der Waals surface area contributed by atoms with Crippen LogP contribution in [0.2, 0.25) is 10.3 Å². The van der Waals surface area contributed by atoms with Gasteiger partial charge in [0.05, 0.1) is 29.7 Å². The van der Waals surface area contributed by atoms with Crippen molar-refractivity contribution in [2.24, 2.45) is 0 Å². The minimum absolute atomic E-state index is 0.0753. The van der Waals surface area contributed by atoms with Gasteiger partial charge in [0.2, 0.25) is 20.0 Å². The first-order valence-corrected chi connectivity index (χ1v) is 20.3. The second-order valence-corrected chi connectivity index (χ2v) is 17.5. The zero-order valence-corrected chi connectivity index (χ0v) is 32.8. The van der Waals surface area contributed by atoms with Gasteiger partial charge in [0, 0.05) is 53.6 Å². The van der Waals surface area contributed by atoms with E-state index in [1.807, 2.05) is 0 Å². The van der Waals surface area contributed by atoms with Crippen LogP contribution in [-0.2, 0) is 32.4 Å². The number of imidazole rings is 2. The van der Waals surface area contributed by atoms with Crippen LogP contribution in [0.15, 0.2) is 33.5 Å². The molecule has 0 spiro atoms. The lowest BCUT2D eigenvalue weighted by Crippen LogP contribution is -2.60. The third-order valence-electron chi connectivity index (χ3n) is 6.98. The van der Waals surface area contributed by atoms with Gasteiger partial charge in [-0.3, -0.25) is 13.6 Å².